The Morgan fingerprint density at radius 1 is 1.42 bits per heavy atom. The van der Waals surface area contributed by atoms with Crippen molar-refractivity contribution in [2.24, 2.45) is 5.92 Å². The monoisotopic (exact) mass is 354 g/mol. The standard InChI is InChI=1S/C18H22N6O2/c1-11-6-16-19-10-15(12(2)24(16)23-11)18(25)20-7-13-4-3-5-26-17(13)14-8-21-22-9-14/h6,8-10,13,17H,3-5,7H2,1-2H3,(H,20,25)(H,21,22)/t13-,17+/m0/s1. The Bertz CT molecular complexity index is 917. The van der Waals surface area contributed by atoms with Crippen LogP contribution in [0.15, 0.2) is 24.7 Å². The minimum Gasteiger partial charge on any atom is -0.373 e. The van der Waals surface area contributed by atoms with Gasteiger partial charge in [-0.25, -0.2) is 9.50 Å². The summed E-state index contributed by atoms with van der Waals surface area (Å²) in [6, 6.07) is 1.89. The molecule has 4 heterocycles. The van der Waals surface area contributed by atoms with Crippen molar-refractivity contribution < 1.29 is 9.53 Å². The van der Waals surface area contributed by atoms with E-state index in [1.165, 1.54) is 0 Å². The summed E-state index contributed by atoms with van der Waals surface area (Å²) in [4.78, 5) is 17.0. The molecule has 0 spiro atoms. The lowest BCUT2D eigenvalue weighted by atomic mass is 9.91. The van der Waals surface area contributed by atoms with E-state index in [1.54, 1.807) is 16.9 Å². The molecule has 2 atom stereocenters. The molecule has 136 valence electrons. The molecule has 0 aromatic carbocycles. The number of ether oxygens (including phenoxy) is 1. The lowest BCUT2D eigenvalue weighted by Crippen LogP contribution is -2.35. The molecule has 4 rings (SSSR count). The van der Waals surface area contributed by atoms with Gasteiger partial charge in [-0.1, -0.05) is 0 Å². The number of hydrogen-bond acceptors (Lipinski definition) is 5. The van der Waals surface area contributed by atoms with Gasteiger partial charge in [0.05, 0.1) is 29.3 Å². The molecule has 1 aliphatic rings. The predicted octanol–water partition coefficient (Wildman–Crippen LogP) is 1.97. The van der Waals surface area contributed by atoms with Gasteiger partial charge in [0.1, 0.15) is 0 Å². The van der Waals surface area contributed by atoms with Crippen molar-refractivity contribution in [3.8, 4) is 0 Å². The van der Waals surface area contributed by atoms with E-state index in [2.05, 4.69) is 25.6 Å². The molecule has 26 heavy (non-hydrogen) atoms. The SMILES string of the molecule is Cc1cc2ncc(C(=O)NC[C@@H]3CCCO[C@H]3c3cn[nH]c3)c(C)n2n1. The number of rotatable bonds is 4. The van der Waals surface area contributed by atoms with Crippen LogP contribution in [0.1, 0.15) is 46.3 Å². The van der Waals surface area contributed by atoms with E-state index < -0.39 is 0 Å². The number of hydrogen-bond donors (Lipinski definition) is 2. The predicted molar refractivity (Wildman–Crippen MR) is 94.8 cm³/mol. The Morgan fingerprint density at radius 3 is 3.12 bits per heavy atom. The van der Waals surface area contributed by atoms with Gasteiger partial charge in [-0.05, 0) is 26.7 Å². The Labute approximate surface area is 151 Å². The lowest BCUT2D eigenvalue weighted by Gasteiger charge is -2.31. The highest BCUT2D eigenvalue weighted by atomic mass is 16.5. The Kier molecular flexibility index (Phi) is 4.42. The van der Waals surface area contributed by atoms with Crippen molar-refractivity contribution in [2.45, 2.75) is 32.8 Å². The molecular formula is C18H22N6O2. The van der Waals surface area contributed by atoms with Crippen molar-refractivity contribution in [1.29, 1.82) is 0 Å². The van der Waals surface area contributed by atoms with Gasteiger partial charge in [0.15, 0.2) is 5.65 Å². The fraction of sp³-hybridized carbons (Fsp3) is 0.444. The van der Waals surface area contributed by atoms with Crippen LogP contribution in [0.5, 0.6) is 0 Å². The second kappa shape index (κ2) is 6.87. The Balaban J connectivity index is 1.48. The van der Waals surface area contributed by atoms with Crippen LogP contribution in [-0.2, 0) is 4.74 Å². The number of aryl methyl sites for hydroxylation is 2. The molecule has 3 aromatic rings. The molecule has 3 aromatic heterocycles. The van der Waals surface area contributed by atoms with Crippen LogP contribution in [0.25, 0.3) is 5.65 Å². The Morgan fingerprint density at radius 2 is 2.31 bits per heavy atom. The van der Waals surface area contributed by atoms with Gasteiger partial charge in [0.2, 0.25) is 0 Å². The number of nitrogens with zero attached hydrogens (tertiary/aromatic N) is 4. The van der Waals surface area contributed by atoms with Gasteiger partial charge in [-0.3, -0.25) is 9.89 Å². The summed E-state index contributed by atoms with van der Waals surface area (Å²) >= 11 is 0. The number of fused-ring (bicyclic) bond motifs is 1. The number of aromatic nitrogens is 5. The van der Waals surface area contributed by atoms with E-state index >= 15 is 0 Å². The van der Waals surface area contributed by atoms with Crippen LogP contribution in [0, 0.1) is 19.8 Å². The van der Waals surface area contributed by atoms with E-state index in [0.29, 0.717) is 12.1 Å². The molecule has 1 saturated heterocycles. The maximum absolute atomic E-state index is 12.7. The molecule has 1 aliphatic heterocycles. The van der Waals surface area contributed by atoms with Crippen LogP contribution >= 0.6 is 0 Å². The summed E-state index contributed by atoms with van der Waals surface area (Å²) in [6.07, 6.45) is 7.21. The molecule has 0 aliphatic carbocycles. The quantitative estimate of drug-likeness (QED) is 0.746. The number of amides is 1. The summed E-state index contributed by atoms with van der Waals surface area (Å²) < 4.78 is 7.63. The molecule has 2 N–H and O–H groups in total. The van der Waals surface area contributed by atoms with E-state index in [0.717, 1.165) is 42.0 Å². The first kappa shape index (κ1) is 16.7. The fourth-order valence-corrected chi connectivity index (χ4v) is 3.54. The molecular weight excluding hydrogens is 332 g/mol. The molecule has 1 amide bonds. The van der Waals surface area contributed by atoms with Crippen molar-refractivity contribution in [3.05, 3.63) is 47.2 Å². The number of carbonyl (C=O) groups excluding carboxylic acids is 1. The molecule has 8 heteroatoms. The average molecular weight is 354 g/mol. The maximum Gasteiger partial charge on any atom is 0.254 e. The van der Waals surface area contributed by atoms with Crippen molar-refractivity contribution in [2.75, 3.05) is 13.2 Å². The summed E-state index contributed by atoms with van der Waals surface area (Å²) in [5.41, 5.74) is 3.97. The largest absolute Gasteiger partial charge is 0.373 e. The molecule has 0 saturated carbocycles. The Hall–Kier alpha value is -2.74. The van der Waals surface area contributed by atoms with Crippen molar-refractivity contribution >= 4 is 11.6 Å². The van der Waals surface area contributed by atoms with Crippen LogP contribution in [0.2, 0.25) is 0 Å². The van der Waals surface area contributed by atoms with E-state index in [9.17, 15) is 4.79 Å². The third-order valence-electron chi connectivity index (χ3n) is 4.91. The summed E-state index contributed by atoms with van der Waals surface area (Å²) in [5.74, 6) is 0.0795. The minimum atomic E-state index is -0.137. The topological polar surface area (TPSA) is 97.2 Å². The first-order valence-electron chi connectivity index (χ1n) is 8.84. The number of nitrogens with one attached hydrogen (secondary N) is 2. The van der Waals surface area contributed by atoms with Gasteiger partial charge in [0, 0.05) is 43.1 Å². The number of carbonyl (C=O) groups is 1. The highest BCUT2D eigenvalue weighted by Crippen LogP contribution is 2.32. The average Bonchev–Trinajstić information content (AvgIpc) is 3.30. The number of aromatic amines is 1. The van der Waals surface area contributed by atoms with Gasteiger partial charge in [-0.2, -0.15) is 10.2 Å². The van der Waals surface area contributed by atoms with E-state index in [1.807, 2.05) is 26.1 Å². The van der Waals surface area contributed by atoms with Gasteiger partial charge >= 0.3 is 0 Å². The maximum atomic E-state index is 12.7. The molecule has 0 bridgehead atoms. The zero-order valence-electron chi connectivity index (χ0n) is 14.9. The molecule has 0 radical (unpaired) electrons. The highest BCUT2D eigenvalue weighted by molar-refractivity contribution is 5.95. The summed E-state index contributed by atoms with van der Waals surface area (Å²) in [7, 11) is 0. The van der Waals surface area contributed by atoms with Crippen LogP contribution in [0.3, 0.4) is 0 Å². The van der Waals surface area contributed by atoms with E-state index in [4.69, 9.17) is 4.74 Å². The first-order chi connectivity index (χ1) is 12.6. The van der Waals surface area contributed by atoms with Gasteiger partial charge in [0.25, 0.3) is 5.91 Å². The summed E-state index contributed by atoms with van der Waals surface area (Å²) in [5, 5.41) is 14.3. The third kappa shape index (κ3) is 3.08. The molecule has 0 unspecified atom stereocenters. The second-order valence-electron chi connectivity index (χ2n) is 6.75. The smallest absolute Gasteiger partial charge is 0.254 e. The minimum absolute atomic E-state index is 0.0433. The van der Waals surface area contributed by atoms with Crippen LogP contribution in [-0.4, -0.2) is 43.9 Å². The number of H-pyrrole nitrogens is 1. The highest BCUT2D eigenvalue weighted by Gasteiger charge is 2.28. The lowest BCUT2D eigenvalue weighted by molar-refractivity contribution is -0.0272. The van der Waals surface area contributed by atoms with Crippen LogP contribution < -0.4 is 5.32 Å². The zero-order valence-corrected chi connectivity index (χ0v) is 14.9. The molecule has 1 fully saturated rings. The normalized spacial score (nSPS) is 20.4. The third-order valence-corrected chi connectivity index (χ3v) is 4.91. The van der Waals surface area contributed by atoms with Gasteiger partial charge < -0.3 is 10.1 Å². The van der Waals surface area contributed by atoms with Gasteiger partial charge in [-0.15, -0.1) is 0 Å². The molecule has 8 nitrogen and oxygen atoms in total. The fourth-order valence-electron chi connectivity index (χ4n) is 3.54. The van der Waals surface area contributed by atoms with Crippen molar-refractivity contribution in [3.63, 3.8) is 0 Å². The van der Waals surface area contributed by atoms with E-state index in [-0.39, 0.29) is 17.9 Å². The zero-order chi connectivity index (χ0) is 18.1. The second-order valence-corrected chi connectivity index (χ2v) is 6.75. The van der Waals surface area contributed by atoms with Crippen molar-refractivity contribution in [1.82, 2.24) is 30.1 Å². The van der Waals surface area contributed by atoms with Crippen LogP contribution in [0.4, 0.5) is 0 Å². The summed E-state index contributed by atoms with van der Waals surface area (Å²) in [6.45, 7) is 5.07. The first-order valence-corrected chi connectivity index (χ1v) is 8.84.